The summed E-state index contributed by atoms with van der Waals surface area (Å²) in [7, 11) is 0. The van der Waals surface area contributed by atoms with Crippen LogP contribution < -0.4 is 10.6 Å². The van der Waals surface area contributed by atoms with Gasteiger partial charge in [0, 0.05) is 31.2 Å². The first-order valence-electron chi connectivity index (χ1n) is 9.31. The van der Waals surface area contributed by atoms with Gasteiger partial charge in [-0.3, -0.25) is 0 Å². The van der Waals surface area contributed by atoms with Crippen LogP contribution in [-0.4, -0.2) is 54.4 Å². The zero-order valence-corrected chi connectivity index (χ0v) is 15.4. The maximum absolute atomic E-state index is 12.3. The Hall–Kier alpha value is -0.810. The first-order valence-corrected chi connectivity index (χ1v) is 9.31. The van der Waals surface area contributed by atoms with Crippen LogP contribution in [0.3, 0.4) is 0 Å². The fraction of sp³-hybridized carbons (Fsp3) is 0.944. The molecule has 1 amide bonds. The molecule has 2 heterocycles. The van der Waals surface area contributed by atoms with Gasteiger partial charge in [-0.25, -0.2) is 4.79 Å². The number of carbonyl (C=O) groups excluding carboxylic acids is 1. The second-order valence-electron chi connectivity index (χ2n) is 8.16. The third kappa shape index (κ3) is 6.30. The van der Waals surface area contributed by atoms with Crippen LogP contribution in [0.4, 0.5) is 4.79 Å². The highest BCUT2D eigenvalue weighted by Gasteiger charge is 2.32. The van der Waals surface area contributed by atoms with Crippen molar-refractivity contribution >= 4 is 6.09 Å². The van der Waals surface area contributed by atoms with Gasteiger partial charge in [0.2, 0.25) is 0 Å². The van der Waals surface area contributed by atoms with Gasteiger partial charge in [0.05, 0.1) is 0 Å². The van der Waals surface area contributed by atoms with Crippen LogP contribution >= 0.6 is 0 Å². The Morgan fingerprint density at radius 3 is 2.74 bits per heavy atom. The highest BCUT2D eigenvalue weighted by molar-refractivity contribution is 5.69. The third-order valence-electron chi connectivity index (χ3n) is 4.76. The van der Waals surface area contributed by atoms with Gasteiger partial charge in [-0.2, -0.15) is 0 Å². The molecule has 3 atom stereocenters. The molecule has 0 saturated carbocycles. The zero-order chi connectivity index (χ0) is 16.9. The van der Waals surface area contributed by atoms with E-state index in [9.17, 15) is 4.79 Å². The smallest absolute Gasteiger partial charge is 0.410 e. The fourth-order valence-corrected chi connectivity index (χ4v) is 3.58. The molecular weight excluding hydrogens is 290 g/mol. The molecule has 3 unspecified atom stereocenters. The number of piperidine rings is 1. The SMILES string of the molecule is CC(CC1CCCCN1)NCC1CCCN1C(=O)OC(C)(C)C. The molecule has 134 valence electrons. The molecule has 2 aliphatic heterocycles. The van der Waals surface area contributed by atoms with Gasteiger partial charge in [-0.1, -0.05) is 6.42 Å². The van der Waals surface area contributed by atoms with E-state index in [-0.39, 0.29) is 12.1 Å². The van der Waals surface area contributed by atoms with E-state index in [1.54, 1.807) is 0 Å². The van der Waals surface area contributed by atoms with Crippen molar-refractivity contribution in [2.75, 3.05) is 19.6 Å². The standard InChI is InChI=1S/C18H35N3O2/c1-14(12-15-8-5-6-10-19-15)20-13-16-9-7-11-21(16)17(22)23-18(2,3)4/h14-16,19-20H,5-13H2,1-4H3. The van der Waals surface area contributed by atoms with Gasteiger partial charge < -0.3 is 20.3 Å². The predicted octanol–water partition coefficient (Wildman–Crippen LogP) is 2.90. The number of ether oxygens (including phenoxy) is 1. The van der Waals surface area contributed by atoms with Crippen LogP contribution in [0, 0.1) is 0 Å². The molecular formula is C18H35N3O2. The number of nitrogens with one attached hydrogen (secondary N) is 2. The van der Waals surface area contributed by atoms with Gasteiger partial charge in [0.15, 0.2) is 0 Å². The third-order valence-corrected chi connectivity index (χ3v) is 4.76. The molecule has 2 N–H and O–H groups in total. The summed E-state index contributed by atoms with van der Waals surface area (Å²) in [4.78, 5) is 14.2. The van der Waals surface area contributed by atoms with E-state index in [1.165, 1.54) is 25.7 Å². The summed E-state index contributed by atoms with van der Waals surface area (Å²) in [6.45, 7) is 10.9. The van der Waals surface area contributed by atoms with Gasteiger partial charge in [-0.05, 0) is 66.3 Å². The van der Waals surface area contributed by atoms with E-state index in [0.29, 0.717) is 12.1 Å². The van der Waals surface area contributed by atoms with Crippen LogP contribution in [0.15, 0.2) is 0 Å². The molecule has 2 fully saturated rings. The van der Waals surface area contributed by atoms with Crippen LogP contribution in [-0.2, 0) is 4.74 Å². The second kappa shape index (κ2) is 8.34. The Morgan fingerprint density at radius 1 is 1.30 bits per heavy atom. The lowest BCUT2D eigenvalue weighted by atomic mass is 9.98. The van der Waals surface area contributed by atoms with Crippen molar-refractivity contribution in [2.24, 2.45) is 0 Å². The number of hydrogen-bond acceptors (Lipinski definition) is 4. The Bertz CT molecular complexity index is 375. The molecule has 0 bridgehead atoms. The minimum Gasteiger partial charge on any atom is -0.444 e. The second-order valence-corrected chi connectivity index (χ2v) is 8.16. The number of hydrogen-bond donors (Lipinski definition) is 2. The molecule has 0 aromatic heterocycles. The first-order chi connectivity index (χ1) is 10.8. The molecule has 0 aliphatic carbocycles. The molecule has 0 aromatic rings. The maximum atomic E-state index is 12.3. The molecule has 5 nitrogen and oxygen atoms in total. The normalized spacial score (nSPS) is 27.0. The van der Waals surface area contributed by atoms with Crippen LogP contribution in [0.5, 0.6) is 0 Å². The predicted molar refractivity (Wildman–Crippen MR) is 93.7 cm³/mol. The van der Waals surface area contributed by atoms with E-state index >= 15 is 0 Å². The van der Waals surface area contributed by atoms with Crippen molar-refractivity contribution in [2.45, 2.75) is 89.9 Å². The first kappa shape index (κ1) is 18.5. The Labute approximate surface area is 141 Å². The number of nitrogens with zero attached hydrogens (tertiary/aromatic N) is 1. The summed E-state index contributed by atoms with van der Waals surface area (Å²) in [6.07, 6.45) is 7.09. The number of likely N-dealkylation sites (tertiary alicyclic amines) is 1. The minimum absolute atomic E-state index is 0.164. The molecule has 23 heavy (non-hydrogen) atoms. The monoisotopic (exact) mass is 325 g/mol. The van der Waals surface area contributed by atoms with E-state index in [0.717, 1.165) is 32.5 Å². The Kier molecular flexibility index (Phi) is 6.72. The lowest BCUT2D eigenvalue weighted by Crippen LogP contribution is -2.47. The molecule has 2 saturated heterocycles. The summed E-state index contributed by atoms with van der Waals surface area (Å²) < 4.78 is 5.53. The van der Waals surface area contributed by atoms with Crippen LogP contribution in [0.1, 0.15) is 66.2 Å². The molecule has 2 aliphatic rings. The zero-order valence-electron chi connectivity index (χ0n) is 15.4. The number of carbonyl (C=O) groups is 1. The quantitative estimate of drug-likeness (QED) is 0.816. The highest BCUT2D eigenvalue weighted by atomic mass is 16.6. The number of amides is 1. The molecule has 0 spiro atoms. The molecule has 2 rings (SSSR count). The average Bonchev–Trinajstić information content (AvgIpc) is 2.93. The topological polar surface area (TPSA) is 53.6 Å². The van der Waals surface area contributed by atoms with Crippen LogP contribution in [0.2, 0.25) is 0 Å². The lowest BCUT2D eigenvalue weighted by Gasteiger charge is -2.30. The molecule has 0 radical (unpaired) electrons. The van der Waals surface area contributed by atoms with Gasteiger partial charge >= 0.3 is 6.09 Å². The van der Waals surface area contributed by atoms with Gasteiger partial charge in [0.1, 0.15) is 5.60 Å². The molecule has 5 heteroatoms. The minimum atomic E-state index is -0.419. The van der Waals surface area contributed by atoms with Crippen molar-refractivity contribution in [3.63, 3.8) is 0 Å². The largest absolute Gasteiger partial charge is 0.444 e. The molecule has 0 aromatic carbocycles. The fourth-order valence-electron chi connectivity index (χ4n) is 3.58. The van der Waals surface area contributed by atoms with Crippen molar-refractivity contribution < 1.29 is 9.53 Å². The van der Waals surface area contributed by atoms with E-state index in [4.69, 9.17) is 4.74 Å². The van der Waals surface area contributed by atoms with Crippen LogP contribution in [0.25, 0.3) is 0 Å². The van der Waals surface area contributed by atoms with Gasteiger partial charge in [-0.15, -0.1) is 0 Å². The number of rotatable bonds is 5. The summed E-state index contributed by atoms with van der Waals surface area (Å²) >= 11 is 0. The summed E-state index contributed by atoms with van der Waals surface area (Å²) in [6, 6.07) is 1.40. The van der Waals surface area contributed by atoms with Gasteiger partial charge in [0.25, 0.3) is 0 Å². The Balaban J connectivity index is 1.73. The van der Waals surface area contributed by atoms with E-state index < -0.39 is 5.60 Å². The van der Waals surface area contributed by atoms with Crippen molar-refractivity contribution in [1.29, 1.82) is 0 Å². The Morgan fingerprint density at radius 2 is 2.09 bits per heavy atom. The maximum Gasteiger partial charge on any atom is 0.410 e. The van der Waals surface area contributed by atoms with Crippen molar-refractivity contribution in [1.82, 2.24) is 15.5 Å². The summed E-state index contributed by atoms with van der Waals surface area (Å²) in [5, 5.41) is 7.24. The van der Waals surface area contributed by atoms with Crippen molar-refractivity contribution in [3.8, 4) is 0 Å². The van der Waals surface area contributed by atoms with E-state index in [1.807, 2.05) is 25.7 Å². The average molecular weight is 325 g/mol. The highest BCUT2D eigenvalue weighted by Crippen LogP contribution is 2.20. The van der Waals surface area contributed by atoms with E-state index in [2.05, 4.69) is 17.6 Å². The lowest BCUT2D eigenvalue weighted by molar-refractivity contribution is 0.0224. The summed E-state index contributed by atoms with van der Waals surface area (Å²) in [5.41, 5.74) is -0.419. The van der Waals surface area contributed by atoms with Crippen molar-refractivity contribution in [3.05, 3.63) is 0 Å². The summed E-state index contributed by atoms with van der Waals surface area (Å²) in [5.74, 6) is 0.